The first-order chi connectivity index (χ1) is 6.00. The van der Waals surface area contributed by atoms with Crippen LogP contribution in [0, 0.1) is 4.77 Å². The maximum Gasteiger partial charge on any atom is 0.253 e. The number of allylic oxidation sites excluding steroid dienone is 1. The second kappa shape index (κ2) is 3.57. The Balaban J connectivity index is 3.29. The zero-order chi connectivity index (χ0) is 10.0. The topological polar surface area (TPSA) is 63.8 Å². The molecule has 1 heterocycles. The molecule has 3 N–H and O–H groups in total. The number of H-pyrrole nitrogens is 1. The summed E-state index contributed by atoms with van der Waals surface area (Å²) in [6.45, 7) is 6.14. The smallest absolute Gasteiger partial charge is 0.253 e. The molecule has 0 aliphatic carbocycles. The van der Waals surface area contributed by atoms with E-state index < -0.39 is 0 Å². The van der Waals surface area contributed by atoms with Crippen LogP contribution in [0.5, 0.6) is 0 Å². The van der Waals surface area contributed by atoms with E-state index in [9.17, 15) is 4.79 Å². The minimum absolute atomic E-state index is 0.277. The molecule has 4 nitrogen and oxygen atoms in total. The molecule has 0 saturated carbocycles. The fraction of sp³-hybridized carbons (Fsp3) is 0.250. The van der Waals surface area contributed by atoms with E-state index in [4.69, 9.17) is 18.0 Å². The van der Waals surface area contributed by atoms with Gasteiger partial charge in [-0.15, -0.1) is 0 Å². The predicted octanol–water partition coefficient (Wildman–Crippen LogP) is 1.06. The largest absolute Gasteiger partial charge is 0.385 e. The van der Waals surface area contributed by atoms with Crippen molar-refractivity contribution in [2.24, 2.45) is 0 Å². The van der Waals surface area contributed by atoms with Crippen molar-refractivity contribution in [2.75, 3.05) is 5.73 Å². The lowest BCUT2D eigenvalue weighted by molar-refractivity contribution is 0.748. The summed E-state index contributed by atoms with van der Waals surface area (Å²) in [4.78, 5) is 13.4. The van der Waals surface area contributed by atoms with Crippen molar-refractivity contribution >= 4 is 18.0 Å². The molecule has 0 aliphatic rings. The molecule has 0 spiro atoms. The van der Waals surface area contributed by atoms with Gasteiger partial charge in [0.15, 0.2) is 4.77 Å². The molecule has 0 atom stereocenters. The normalized spacial score (nSPS) is 9.92. The van der Waals surface area contributed by atoms with Crippen LogP contribution in [0.1, 0.15) is 6.92 Å². The molecule has 1 rings (SSSR count). The first-order valence-electron chi connectivity index (χ1n) is 3.74. The van der Waals surface area contributed by atoms with Crippen LogP contribution < -0.4 is 11.3 Å². The number of nitrogens with two attached hydrogens (primary N) is 1. The molecule has 0 unspecified atom stereocenters. The van der Waals surface area contributed by atoms with Gasteiger partial charge in [-0.05, 0) is 19.1 Å². The maximum atomic E-state index is 10.9. The molecular formula is C8H11N3OS. The van der Waals surface area contributed by atoms with Gasteiger partial charge in [0, 0.05) is 12.6 Å². The van der Waals surface area contributed by atoms with E-state index in [1.54, 1.807) is 4.57 Å². The molecule has 1 aromatic heterocycles. The first-order valence-corrected chi connectivity index (χ1v) is 4.15. The van der Waals surface area contributed by atoms with Crippen molar-refractivity contribution in [1.82, 2.24) is 9.55 Å². The van der Waals surface area contributed by atoms with E-state index in [0.29, 0.717) is 17.1 Å². The van der Waals surface area contributed by atoms with E-state index in [1.165, 1.54) is 6.07 Å². The second-order valence-electron chi connectivity index (χ2n) is 2.91. The lowest BCUT2D eigenvalue weighted by atomic mass is 10.3. The van der Waals surface area contributed by atoms with Crippen LogP contribution in [0.4, 0.5) is 5.82 Å². The number of hydrogen-bond donors (Lipinski definition) is 2. The van der Waals surface area contributed by atoms with Gasteiger partial charge in [0.2, 0.25) is 0 Å². The second-order valence-corrected chi connectivity index (χ2v) is 3.29. The summed E-state index contributed by atoms with van der Waals surface area (Å²) < 4.78 is 1.95. The summed E-state index contributed by atoms with van der Waals surface area (Å²) in [5.74, 6) is 0.358. The Morgan fingerprint density at radius 1 is 1.85 bits per heavy atom. The molecule has 0 aromatic carbocycles. The van der Waals surface area contributed by atoms with Crippen molar-refractivity contribution in [3.8, 4) is 0 Å². The van der Waals surface area contributed by atoms with E-state index in [2.05, 4.69) is 11.6 Å². The van der Waals surface area contributed by atoms with Crippen LogP contribution >= 0.6 is 12.2 Å². The van der Waals surface area contributed by atoms with Crippen molar-refractivity contribution < 1.29 is 0 Å². The fourth-order valence-corrected chi connectivity index (χ4v) is 1.24. The van der Waals surface area contributed by atoms with Gasteiger partial charge >= 0.3 is 0 Å². The minimum Gasteiger partial charge on any atom is -0.385 e. The highest BCUT2D eigenvalue weighted by atomic mass is 32.1. The van der Waals surface area contributed by atoms with Gasteiger partial charge in [-0.3, -0.25) is 9.78 Å². The van der Waals surface area contributed by atoms with Crippen molar-refractivity contribution in [1.29, 1.82) is 0 Å². The standard InChI is InChI=1S/C8H11N3OS/c1-5(2)4-11-6(9)3-7(12)10-8(11)13/h3H,1,4,9H2,2H3,(H,10,12,13). The Bertz CT molecular complexity index is 443. The van der Waals surface area contributed by atoms with Gasteiger partial charge in [-0.25, -0.2) is 0 Å². The van der Waals surface area contributed by atoms with Crippen molar-refractivity contribution in [3.63, 3.8) is 0 Å². The molecular weight excluding hydrogens is 186 g/mol. The third-order valence-corrected chi connectivity index (χ3v) is 1.82. The quantitative estimate of drug-likeness (QED) is 0.550. The lowest BCUT2D eigenvalue weighted by Crippen LogP contribution is -2.16. The van der Waals surface area contributed by atoms with E-state index in [-0.39, 0.29) is 5.56 Å². The summed E-state index contributed by atoms with van der Waals surface area (Å²) in [6, 6.07) is 1.30. The number of nitrogen functional groups attached to an aromatic ring is 1. The Morgan fingerprint density at radius 3 is 2.92 bits per heavy atom. The zero-order valence-corrected chi connectivity index (χ0v) is 8.15. The van der Waals surface area contributed by atoms with Gasteiger partial charge in [0.05, 0.1) is 0 Å². The van der Waals surface area contributed by atoms with Gasteiger partial charge in [0.25, 0.3) is 5.56 Å². The van der Waals surface area contributed by atoms with Crippen molar-refractivity contribution in [2.45, 2.75) is 13.5 Å². The third kappa shape index (κ3) is 2.29. The Kier molecular flexibility index (Phi) is 2.67. The zero-order valence-electron chi connectivity index (χ0n) is 7.33. The molecule has 70 valence electrons. The minimum atomic E-state index is -0.277. The summed E-state index contributed by atoms with van der Waals surface area (Å²) >= 11 is 4.93. The van der Waals surface area contributed by atoms with Crippen LogP contribution in [0.2, 0.25) is 0 Å². The predicted molar refractivity (Wildman–Crippen MR) is 55.1 cm³/mol. The molecule has 0 saturated heterocycles. The van der Waals surface area contributed by atoms with E-state index in [0.717, 1.165) is 5.57 Å². The van der Waals surface area contributed by atoms with Crippen LogP contribution in [-0.4, -0.2) is 9.55 Å². The number of hydrogen-bond acceptors (Lipinski definition) is 3. The Labute approximate surface area is 80.7 Å². The molecule has 0 bridgehead atoms. The summed E-state index contributed by atoms with van der Waals surface area (Å²) in [7, 11) is 0. The first kappa shape index (κ1) is 9.73. The molecule has 5 heteroatoms. The third-order valence-electron chi connectivity index (χ3n) is 1.49. The van der Waals surface area contributed by atoms with Crippen LogP contribution in [0.3, 0.4) is 0 Å². The van der Waals surface area contributed by atoms with Gasteiger partial charge in [0.1, 0.15) is 5.82 Å². The highest BCUT2D eigenvalue weighted by Gasteiger charge is 1.99. The van der Waals surface area contributed by atoms with Gasteiger partial charge < -0.3 is 10.3 Å². The van der Waals surface area contributed by atoms with E-state index in [1.807, 2.05) is 6.92 Å². The number of nitrogens with zero attached hydrogens (tertiary/aromatic N) is 1. The molecule has 1 aromatic rings. The highest BCUT2D eigenvalue weighted by molar-refractivity contribution is 7.71. The molecule has 0 amide bonds. The average molecular weight is 197 g/mol. The Hall–Kier alpha value is -1.36. The number of aromatic nitrogens is 2. The number of nitrogens with one attached hydrogen (secondary N) is 1. The summed E-state index contributed by atoms with van der Waals surface area (Å²) in [5, 5.41) is 0. The molecule has 0 fully saturated rings. The van der Waals surface area contributed by atoms with Gasteiger partial charge in [-0.2, -0.15) is 0 Å². The fourth-order valence-electron chi connectivity index (χ4n) is 0.971. The SMILES string of the molecule is C=C(C)Cn1c(N)cc(=O)[nH]c1=S. The summed E-state index contributed by atoms with van der Waals surface area (Å²) in [5.41, 5.74) is 6.25. The highest BCUT2D eigenvalue weighted by Crippen LogP contribution is 2.02. The monoisotopic (exact) mass is 197 g/mol. The number of anilines is 1. The van der Waals surface area contributed by atoms with Crippen molar-refractivity contribution in [3.05, 3.63) is 33.3 Å². The summed E-state index contributed by atoms with van der Waals surface area (Å²) in [6.07, 6.45) is 0. The lowest BCUT2D eigenvalue weighted by Gasteiger charge is -2.08. The average Bonchev–Trinajstić information content (AvgIpc) is 1.96. The molecule has 0 radical (unpaired) electrons. The number of rotatable bonds is 2. The molecule has 0 aliphatic heterocycles. The maximum absolute atomic E-state index is 10.9. The Morgan fingerprint density at radius 2 is 2.46 bits per heavy atom. The molecule has 13 heavy (non-hydrogen) atoms. The van der Waals surface area contributed by atoms with E-state index >= 15 is 0 Å². The van der Waals surface area contributed by atoms with Crippen LogP contribution in [0.25, 0.3) is 0 Å². The number of aromatic amines is 1. The van der Waals surface area contributed by atoms with Crippen LogP contribution in [-0.2, 0) is 6.54 Å². The van der Waals surface area contributed by atoms with Gasteiger partial charge in [-0.1, -0.05) is 12.2 Å². The van der Waals surface area contributed by atoms with Crippen LogP contribution in [0.15, 0.2) is 23.0 Å².